The Morgan fingerprint density at radius 3 is 3.00 bits per heavy atom. The molecule has 1 aromatic carbocycles. The zero-order valence-corrected chi connectivity index (χ0v) is 19.4. The third-order valence-electron chi connectivity index (χ3n) is 8.29. The normalized spacial score (nSPS) is 35.0. The molecule has 1 saturated carbocycles. The molecule has 2 saturated heterocycles. The average Bonchev–Trinajstić information content (AvgIpc) is 3.05. The van der Waals surface area contributed by atoms with Gasteiger partial charge in [0.1, 0.15) is 11.6 Å². The van der Waals surface area contributed by atoms with Crippen molar-refractivity contribution in [1.82, 2.24) is 24.4 Å². The van der Waals surface area contributed by atoms with E-state index in [2.05, 4.69) is 32.2 Å². The predicted octanol–water partition coefficient (Wildman–Crippen LogP) is 3.79. The largest absolute Gasteiger partial charge is 0.363 e. The lowest BCUT2D eigenvalue weighted by molar-refractivity contribution is 0.270. The molecular weight excluding hydrogens is 423 g/mol. The zero-order valence-electron chi connectivity index (χ0n) is 18.6. The molecule has 2 unspecified atom stereocenters. The molecule has 0 radical (unpaired) electrons. The predicted molar refractivity (Wildman–Crippen MR) is 124 cm³/mol. The number of aromatic nitrogens is 3. The van der Waals surface area contributed by atoms with Crippen LogP contribution in [0.25, 0.3) is 0 Å². The van der Waals surface area contributed by atoms with Crippen molar-refractivity contribution in [2.45, 2.75) is 69.6 Å². The minimum Gasteiger partial charge on any atom is -0.363 e. The topological polar surface area (TPSA) is 49.0 Å². The van der Waals surface area contributed by atoms with Gasteiger partial charge in [0.05, 0.1) is 16.6 Å². The second-order valence-electron chi connectivity index (χ2n) is 10.3. The van der Waals surface area contributed by atoms with Crippen LogP contribution in [0.5, 0.6) is 0 Å². The van der Waals surface area contributed by atoms with Gasteiger partial charge in [-0.15, -0.1) is 5.10 Å². The highest BCUT2D eigenvalue weighted by Gasteiger charge is 2.73. The number of benzene rings is 1. The average molecular weight is 453 g/mol. The van der Waals surface area contributed by atoms with Crippen molar-refractivity contribution in [2.75, 3.05) is 18.0 Å². The molecule has 1 aliphatic carbocycles. The molecule has 1 aromatic heterocycles. The quantitative estimate of drug-likeness (QED) is 0.565. The van der Waals surface area contributed by atoms with Gasteiger partial charge in [-0.25, -0.2) is 9.07 Å². The van der Waals surface area contributed by atoms with Crippen LogP contribution < -0.4 is 9.62 Å². The van der Waals surface area contributed by atoms with E-state index in [-0.39, 0.29) is 17.3 Å². The van der Waals surface area contributed by atoms with Crippen molar-refractivity contribution in [1.29, 1.82) is 0 Å². The summed E-state index contributed by atoms with van der Waals surface area (Å²) in [6.07, 6.45) is 7.04. The smallest absolute Gasteiger partial charge is 0.245 e. The monoisotopic (exact) mass is 452 g/mol. The fourth-order valence-corrected chi connectivity index (χ4v) is 7.80. The molecule has 0 spiro atoms. The van der Waals surface area contributed by atoms with Crippen molar-refractivity contribution in [3.63, 3.8) is 0 Å². The number of rotatable bonds is 3. The molecule has 8 heteroatoms. The molecule has 32 heavy (non-hydrogen) atoms. The Labute approximate surface area is 192 Å². The van der Waals surface area contributed by atoms with Gasteiger partial charge in [-0.05, 0) is 86.7 Å². The molecule has 4 aliphatic heterocycles. The molecule has 3 fully saturated rings. The van der Waals surface area contributed by atoms with Crippen LogP contribution in [-0.4, -0.2) is 50.4 Å². The first-order valence-corrected chi connectivity index (χ1v) is 12.7. The van der Waals surface area contributed by atoms with Crippen LogP contribution in [0, 0.1) is 18.7 Å². The molecule has 5 aliphatic rings. The number of hydrogen-bond donors (Lipinski definition) is 1. The molecule has 5 heterocycles. The Kier molecular flexibility index (Phi) is 4.08. The number of anilines is 1. The molecule has 7 rings (SSSR count). The number of nitrogens with one attached hydrogen (secondary N) is 1. The number of hydrogen-bond acceptors (Lipinski definition) is 6. The first-order chi connectivity index (χ1) is 15.5. The highest BCUT2D eigenvalue weighted by Crippen LogP contribution is 2.61. The van der Waals surface area contributed by atoms with Crippen LogP contribution in [0.4, 0.5) is 10.3 Å². The number of likely N-dealkylation sites (tertiary alicyclic amines) is 1. The van der Waals surface area contributed by atoms with Gasteiger partial charge < -0.3 is 9.80 Å². The number of aryl methyl sites for hydroxylation is 2. The van der Waals surface area contributed by atoms with E-state index in [9.17, 15) is 4.39 Å². The molecule has 5 atom stereocenters. The van der Waals surface area contributed by atoms with Crippen molar-refractivity contribution < 1.29 is 4.39 Å². The molecule has 0 amide bonds. The summed E-state index contributed by atoms with van der Waals surface area (Å²) in [6, 6.07) is 6.19. The van der Waals surface area contributed by atoms with E-state index in [0.29, 0.717) is 18.0 Å². The summed E-state index contributed by atoms with van der Waals surface area (Å²) in [5.41, 5.74) is 2.40. The maximum absolute atomic E-state index is 13.7. The van der Waals surface area contributed by atoms with Gasteiger partial charge >= 0.3 is 0 Å². The number of fused-ring (bicyclic) bond motifs is 1. The van der Waals surface area contributed by atoms with Gasteiger partial charge in [0, 0.05) is 31.6 Å². The Hall–Kier alpha value is -2.06. The van der Waals surface area contributed by atoms with Gasteiger partial charge in [0.25, 0.3) is 0 Å². The van der Waals surface area contributed by atoms with Gasteiger partial charge in [-0.3, -0.25) is 4.72 Å². The van der Waals surface area contributed by atoms with Gasteiger partial charge in [0.2, 0.25) is 5.95 Å². The van der Waals surface area contributed by atoms with Gasteiger partial charge in [-0.2, -0.15) is 4.98 Å². The van der Waals surface area contributed by atoms with Crippen LogP contribution in [0.3, 0.4) is 0 Å². The molecule has 2 aromatic rings. The van der Waals surface area contributed by atoms with Crippen LogP contribution in [0.15, 0.2) is 29.3 Å². The highest BCUT2D eigenvalue weighted by molar-refractivity contribution is 8.01. The molecule has 168 valence electrons. The first-order valence-electron chi connectivity index (χ1n) is 11.9. The second-order valence-corrected chi connectivity index (χ2v) is 11.2. The number of halogens is 1. The van der Waals surface area contributed by atoms with Crippen molar-refractivity contribution in [3.05, 3.63) is 52.1 Å². The highest BCUT2D eigenvalue weighted by atomic mass is 32.2. The van der Waals surface area contributed by atoms with E-state index < -0.39 is 0 Å². The SMILES string of the molecule is Cc1cc(F)ccc1C1CCCn2nc(N3[C@H]4[C@H]5CC[C@]43CN(C3=CC(C)NS3)C5)nc21. The molecular formula is C24H29FN6S. The summed E-state index contributed by atoms with van der Waals surface area (Å²) in [7, 11) is 0. The third kappa shape index (κ3) is 2.68. The van der Waals surface area contributed by atoms with Crippen LogP contribution in [0.1, 0.15) is 55.5 Å². The maximum Gasteiger partial charge on any atom is 0.245 e. The van der Waals surface area contributed by atoms with E-state index in [1.54, 1.807) is 24.1 Å². The summed E-state index contributed by atoms with van der Waals surface area (Å²) >= 11 is 1.78. The summed E-state index contributed by atoms with van der Waals surface area (Å²) in [5.74, 6) is 2.70. The number of nitrogens with zero attached hydrogens (tertiary/aromatic N) is 5. The van der Waals surface area contributed by atoms with Crippen LogP contribution in [0.2, 0.25) is 0 Å². The van der Waals surface area contributed by atoms with E-state index in [1.807, 2.05) is 13.0 Å². The Bertz CT molecular complexity index is 1130. The summed E-state index contributed by atoms with van der Waals surface area (Å²) in [4.78, 5) is 10.3. The van der Waals surface area contributed by atoms with Crippen LogP contribution >= 0.6 is 11.9 Å². The van der Waals surface area contributed by atoms with E-state index >= 15 is 0 Å². The van der Waals surface area contributed by atoms with Gasteiger partial charge in [0.15, 0.2) is 0 Å². The Morgan fingerprint density at radius 2 is 2.19 bits per heavy atom. The van der Waals surface area contributed by atoms with E-state index in [4.69, 9.17) is 10.1 Å². The van der Waals surface area contributed by atoms with Gasteiger partial charge in [-0.1, -0.05) is 6.07 Å². The Morgan fingerprint density at radius 1 is 1.28 bits per heavy atom. The second kappa shape index (κ2) is 6.73. The van der Waals surface area contributed by atoms with Crippen LogP contribution in [-0.2, 0) is 6.54 Å². The first kappa shape index (κ1) is 19.4. The lowest BCUT2D eigenvalue weighted by Crippen LogP contribution is -2.40. The summed E-state index contributed by atoms with van der Waals surface area (Å²) < 4.78 is 19.3. The molecule has 1 N–H and O–H groups in total. The molecule has 2 bridgehead atoms. The Balaban J connectivity index is 1.20. The van der Waals surface area contributed by atoms with Crippen molar-refractivity contribution in [3.8, 4) is 0 Å². The third-order valence-corrected chi connectivity index (χ3v) is 9.39. The number of piperidine rings is 2. The van der Waals surface area contributed by atoms with E-state index in [0.717, 1.165) is 49.8 Å². The molecule has 6 nitrogen and oxygen atoms in total. The van der Waals surface area contributed by atoms with Crippen molar-refractivity contribution >= 4 is 17.9 Å². The lowest BCUT2D eigenvalue weighted by atomic mass is 9.88. The zero-order chi connectivity index (χ0) is 21.6. The minimum atomic E-state index is -0.169. The van der Waals surface area contributed by atoms with E-state index in [1.165, 1.54) is 23.4 Å². The summed E-state index contributed by atoms with van der Waals surface area (Å²) in [6.45, 7) is 7.35. The summed E-state index contributed by atoms with van der Waals surface area (Å²) in [5, 5.41) is 6.40. The minimum absolute atomic E-state index is 0.169. The van der Waals surface area contributed by atoms with Crippen molar-refractivity contribution in [2.24, 2.45) is 5.92 Å². The fraction of sp³-hybridized carbons (Fsp3) is 0.583. The maximum atomic E-state index is 13.7. The standard InChI is InChI=1S/C24H29FN6S/c1-14-10-17(25)5-6-18(14)19-4-3-9-30-22(19)26-23(27-30)31-21-16-7-8-24(21,31)13-29(12-16)20-11-15(2)28-32-20/h5-6,10-11,15-16,19,21,28H,3-4,7-9,12-13H2,1-2H3/t15?,16-,19?,21-,24-,31?/m0/s1. The lowest BCUT2D eigenvalue weighted by Gasteiger charge is -2.31. The fourth-order valence-electron chi connectivity index (χ4n) is 6.89.